The van der Waals surface area contributed by atoms with Crippen molar-refractivity contribution < 1.29 is 23.9 Å². The quantitative estimate of drug-likeness (QED) is 0.784. The van der Waals surface area contributed by atoms with Gasteiger partial charge in [0, 0.05) is 24.4 Å². The van der Waals surface area contributed by atoms with Crippen LogP contribution in [0.3, 0.4) is 0 Å². The fourth-order valence-corrected chi connectivity index (χ4v) is 2.34. The lowest BCUT2D eigenvalue weighted by Gasteiger charge is -2.26. The largest absolute Gasteiger partial charge is 0.480 e. The van der Waals surface area contributed by atoms with Gasteiger partial charge in [0.05, 0.1) is 0 Å². The molecule has 118 valence electrons. The highest BCUT2D eigenvalue weighted by atomic mass is 19.1. The number of carbonyl (C=O) groups excluding carboxylic acids is 2. The monoisotopic (exact) mass is 307 g/mol. The second-order valence-electron chi connectivity index (χ2n) is 5.48. The van der Waals surface area contributed by atoms with Crippen LogP contribution < -0.4 is 0 Å². The topological polar surface area (TPSA) is 74.7 Å². The van der Waals surface area contributed by atoms with Gasteiger partial charge in [-0.05, 0) is 44.0 Å². The molecule has 0 bridgehead atoms. The molecular weight excluding hydrogens is 289 g/mol. The molecule has 1 aliphatic carbocycles. The third-order valence-electron chi connectivity index (χ3n) is 3.74. The highest BCUT2D eigenvalue weighted by Crippen LogP contribution is 2.29. The molecule has 1 aromatic rings. The van der Waals surface area contributed by atoms with Crippen LogP contribution in [-0.4, -0.2) is 39.7 Å². The number of hydrogen-bond acceptors (Lipinski definition) is 3. The van der Waals surface area contributed by atoms with Crippen molar-refractivity contribution in [2.24, 2.45) is 0 Å². The number of halogens is 1. The third-order valence-corrected chi connectivity index (χ3v) is 3.74. The Bertz CT molecular complexity index is 580. The van der Waals surface area contributed by atoms with Crippen LogP contribution in [0.1, 0.15) is 43.0 Å². The van der Waals surface area contributed by atoms with E-state index in [9.17, 15) is 18.8 Å². The first-order valence-corrected chi connectivity index (χ1v) is 7.23. The summed E-state index contributed by atoms with van der Waals surface area (Å²) in [7, 11) is 0. The van der Waals surface area contributed by atoms with Gasteiger partial charge in [0.15, 0.2) is 5.78 Å². The summed E-state index contributed by atoms with van der Waals surface area (Å²) in [5.41, 5.74) is 0.346. The Morgan fingerprint density at radius 2 is 1.82 bits per heavy atom. The van der Waals surface area contributed by atoms with Crippen molar-refractivity contribution in [1.29, 1.82) is 0 Å². The standard InChI is InChI=1S/C16H18FNO4/c1-10(16(21)22)18(13-6-7-13)15(20)9-8-14(19)11-2-4-12(17)5-3-11/h2-5,10,13H,6-9H2,1H3,(H,21,22). The van der Waals surface area contributed by atoms with Crippen LogP contribution in [0.25, 0.3) is 0 Å². The second kappa shape index (κ2) is 6.68. The number of rotatable bonds is 7. The summed E-state index contributed by atoms with van der Waals surface area (Å²) in [6.45, 7) is 1.47. The molecule has 1 aliphatic rings. The van der Waals surface area contributed by atoms with E-state index in [0.717, 1.165) is 12.8 Å². The molecule has 1 aromatic carbocycles. The third kappa shape index (κ3) is 3.90. The highest BCUT2D eigenvalue weighted by Gasteiger charge is 2.38. The lowest BCUT2D eigenvalue weighted by atomic mass is 10.1. The van der Waals surface area contributed by atoms with Crippen LogP contribution in [-0.2, 0) is 9.59 Å². The number of carbonyl (C=O) groups is 3. The van der Waals surface area contributed by atoms with E-state index in [1.807, 2.05) is 0 Å². The number of hydrogen-bond donors (Lipinski definition) is 1. The zero-order valence-corrected chi connectivity index (χ0v) is 12.3. The van der Waals surface area contributed by atoms with Crippen LogP contribution >= 0.6 is 0 Å². The number of carboxylic acid groups (broad SMARTS) is 1. The van der Waals surface area contributed by atoms with E-state index in [2.05, 4.69) is 0 Å². The summed E-state index contributed by atoms with van der Waals surface area (Å²) in [6.07, 6.45) is 1.55. The van der Waals surface area contributed by atoms with Crippen LogP contribution in [0.5, 0.6) is 0 Å². The molecule has 1 N–H and O–H groups in total. The van der Waals surface area contributed by atoms with Crippen molar-refractivity contribution in [2.75, 3.05) is 0 Å². The average Bonchev–Trinajstić information content (AvgIpc) is 3.30. The van der Waals surface area contributed by atoms with E-state index < -0.39 is 17.8 Å². The van der Waals surface area contributed by atoms with E-state index in [-0.39, 0.29) is 30.6 Å². The summed E-state index contributed by atoms with van der Waals surface area (Å²) in [6, 6.07) is 4.22. The molecule has 1 amide bonds. The molecule has 22 heavy (non-hydrogen) atoms. The minimum atomic E-state index is -1.05. The van der Waals surface area contributed by atoms with Gasteiger partial charge in [0.2, 0.25) is 5.91 Å². The van der Waals surface area contributed by atoms with Gasteiger partial charge in [-0.25, -0.2) is 9.18 Å². The molecule has 5 nitrogen and oxygen atoms in total. The first kappa shape index (κ1) is 16.1. The van der Waals surface area contributed by atoms with Crippen molar-refractivity contribution in [3.05, 3.63) is 35.6 Å². The number of ketones is 1. The van der Waals surface area contributed by atoms with Gasteiger partial charge in [0.1, 0.15) is 11.9 Å². The first-order chi connectivity index (χ1) is 10.4. The van der Waals surface area contributed by atoms with Crippen molar-refractivity contribution in [3.63, 3.8) is 0 Å². The van der Waals surface area contributed by atoms with Crippen molar-refractivity contribution in [2.45, 2.75) is 44.7 Å². The summed E-state index contributed by atoms with van der Waals surface area (Å²) in [4.78, 5) is 36.6. The molecule has 6 heteroatoms. The molecule has 1 saturated carbocycles. The zero-order chi connectivity index (χ0) is 16.3. The van der Waals surface area contributed by atoms with E-state index in [4.69, 9.17) is 5.11 Å². The van der Waals surface area contributed by atoms with Gasteiger partial charge in [-0.3, -0.25) is 9.59 Å². The van der Waals surface area contributed by atoms with Crippen molar-refractivity contribution >= 4 is 17.7 Å². The normalized spacial score (nSPS) is 15.2. The number of aliphatic carboxylic acids is 1. The van der Waals surface area contributed by atoms with Gasteiger partial charge >= 0.3 is 5.97 Å². The number of Topliss-reactive ketones (excluding diaryl/α,β-unsaturated/α-hetero) is 1. The van der Waals surface area contributed by atoms with Crippen LogP contribution in [0.2, 0.25) is 0 Å². The highest BCUT2D eigenvalue weighted by molar-refractivity contribution is 5.98. The Labute approximate surface area is 127 Å². The smallest absolute Gasteiger partial charge is 0.326 e. The number of amides is 1. The molecule has 1 fully saturated rings. The van der Waals surface area contributed by atoms with Crippen LogP contribution in [0.15, 0.2) is 24.3 Å². The molecule has 0 heterocycles. The Hall–Kier alpha value is -2.24. The molecular formula is C16H18FNO4. The van der Waals surface area contributed by atoms with Crippen molar-refractivity contribution in [1.82, 2.24) is 4.90 Å². The molecule has 1 atom stereocenters. The maximum Gasteiger partial charge on any atom is 0.326 e. The molecule has 0 aliphatic heterocycles. The molecule has 2 rings (SSSR count). The molecule has 0 saturated heterocycles. The molecule has 0 spiro atoms. The van der Waals surface area contributed by atoms with Gasteiger partial charge in [-0.2, -0.15) is 0 Å². The average molecular weight is 307 g/mol. The number of nitrogens with zero attached hydrogens (tertiary/aromatic N) is 1. The fraction of sp³-hybridized carbons (Fsp3) is 0.438. The van der Waals surface area contributed by atoms with E-state index >= 15 is 0 Å². The van der Waals surface area contributed by atoms with Gasteiger partial charge in [0.25, 0.3) is 0 Å². The summed E-state index contributed by atoms with van der Waals surface area (Å²) in [5, 5.41) is 9.06. The van der Waals surface area contributed by atoms with Crippen LogP contribution in [0.4, 0.5) is 4.39 Å². The van der Waals surface area contributed by atoms with Gasteiger partial charge < -0.3 is 10.0 Å². The molecule has 1 unspecified atom stereocenters. The number of benzene rings is 1. The minimum absolute atomic E-state index is 0.0139. The van der Waals surface area contributed by atoms with Crippen molar-refractivity contribution in [3.8, 4) is 0 Å². The summed E-state index contributed by atoms with van der Waals surface area (Å²) < 4.78 is 12.8. The Morgan fingerprint density at radius 3 is 2.32 bits per heavy atom. The van der Waals surface area contributed by atoms with E-state index in [0.29, 0.717) is 5.56 Å². The summed E-state index contributed by atoms with van der Waals surface area (Å²) in [5.74, 6) is -2.06. The Morgan fingerprint density at radius 1 is 1.23 bits per heavy atom. The Balaban J connectivity index is 1.94. The van der Waals surface area contributed by atoms with E-state index in [1.165, 1.54) is 36.1 Å². The number of carboxylic acids is 1. The molecule has 0 aromatic heterocycles. The van der Waals surface area contributed by atoms with E-state index in [1.54, 1.807) is 0 Å². The van der Waals surface area contributed by atoms with Gasteiger partial charge in [-0.15, -0.1) is 0 Å². The first-order valence-electron chi connectivity index (χ1n) is 7.23. The Kier molecular flexibility index (Phi) is 4.90. The lowest BCUT2D eigenvalue weighted by molar-refractivity contribution is -0.150. The zero-order valence-electron chi connectivity index (χ0n) is 12.3. The summed E-state index contributed by atoms with van der Waals surface area (Å²) >= 11 is 0. The predicted molar refractivity (Wildman–Crippen MR) is 76.9 cm³/mol. The van der Waals surface area contributed by atoms with Gasteiger partial charge in [-0.1, -0.05) is 0 Å². The minimum Gasteiger partial charge on any atom is -0.480 e. The second-order valence-corrected chi connectivity index (χ2v) is 5.48. The SMILES string of the molecule is CC(C(=O)O)N(C(=O)CCC(=O)c1ccc(F)cc1)C1CC1. The maximum absolute atomic E-state index is 12.8. The lowest BCUT2D eigenvalue weighted by Crippen LogP contribution is -2.44. The predicted octanol–water partition coefficient (Wildman–Crippen LogP) is 2.25. The molecule has 0 radical (unpaired) electrons. The fourth-order valence-electron chi connectivity index (χ4n) is 2.34. The van der Waals surface area contributed by atoms with Crippen LogP contribution in [0, 0.1) is 5.82 Å². The maximum atomic E-state index is 12.8.